The maximum absolute atomic E-state index is 11.1. The summed E-state index contributed by atoms with van der Waals surface area (Å²) in [4.78, 5) is 13.6. The van der Waals surface area contributed by atoms with Crippen LogP contribution in [0.2, 0.25) is 0 Å². The van der Waals surface area contributed by atoms with Gasteiger partial charge in [-0.1, -0.05) is 20.3 Å². The van der Waals surface area contributed by atoms with Crippen molar-refractivity contribution < 1.29 is 9.90 Å². The first kappa shape index (κ1) is 15.4. The van der Waals surface area contributed by atoms with Gasteiger partial charge >= 0.3 is 5.97 Å². The van der Waals surface area contributed by atoms with Crippen molar-refractivity contribution in [2.45, 2.75) is 64.5 Å². The van der Waals surface area contributed by atoms with Crippen LogP contribution in [0.5, 0.6) is 0 Å². The Labute approximate surface area is 111 Å². The molecule has 0 amide bonds. The average molecular weight is 256 g/mol. The Hall–Kier alpha value is -0.610. The molecule has 0 saturated carbocycles. The van der Waals surface area contributed by atoms with E-state index in [-0.39, 0.29) is 6.04 Å². The minimum absolute atomic E-state index is 0.385. The Kier molecular flexibility index (Phi) is 7.28. The third kappa shape index (κ3) is 4.94. The van der Waals surface area contributed by atoms with Gasteiger partial charge in [0.05, 0.1) is 0 Å². The lowest BCUT2D eigenvalue weighted by molar-refractivity contribution is -0.139. The van der Waals surface area contributed by atoms with Crippen molar-refractivity contribution >= 4 is 5.97 Å². The van der Waals surface area contributed by atoms with Gasteiger partial charge in [0, 0.05) is 12.6 Å². The minimum atomic E-state index is -0.714. The standard InChI is InChI=1S/C14H28N2O2/c1-3-9-15-13(14(17)18)8-11-16-10-6-5-7-12(16)4-2/h12-13,15H,3-11H2,1-2H3,(H,17,18). The number of hydrogen-bond donors (Lipinski definition) is 2. The maximum atomic E-state index is 11.1. The smallest absolute Gasteiger partial charge is 0.320 e. The van der Waals surface area contributed by atoms with Crippen LogP contribution >= 0.6 is 0 Å². The molecule has 1 aliphatic heterocycles. The van der Waals surface area contributed by atoms with Crippen LogP contribution in [0.15, 0.2) is 0 Å². The van der Waals surface area contributed by atoms with Crippen LogP contribution in [0.4, 0.5) is 0 Å². The van der Waals surface area contributed by atoms with Gasteiger partial charge < -0.3 is 15.3 Å². The van der Waals surface area contributed by atoms with Crippen molar-refractivity contribution in [1.82, 2.24) is 10.2 Å². The van der Waals surface area contributed by atoms with Crippen LogP contribution in [0.1, 0.15) is 52.4 Å². The first-order valence-electron chi connectivity index (χ1n) is 7.39. The molecular formula is C14H28N2O2. The van der Waals surface area contributed by atoms with Crippen molar-refractivity contribution in [2.75, 3.05) is 19.6 Å². The summed E-state index contributed by atoms with van der Waals surface area (Å²) in [7, 11) is 0. The number of aliphatic carboxylic acids is 1. The van der Waals surface area contributed by atoms with Crippen LogP contribution in [-0.2, 0) is 4.79 Å². The summed E-state index contributed by atoms with van der Waals surface area (Å²) in [5.41, 5.74) is 0. The molecule has 2 atom stereocenters. The summed E-state index contributed by atoms with van der Waals surface area (Å²) >= 11 is 0. The molecule has 4 nitrogen and oxygen atoms in total. The van der Waals surface area contributed by atoms with Crippen LogP contribution < -0.4 is 5.32 Å². The van der Waals surface area contributed by atoms with Gasteiger partial charge in [-0.3, -0.25) is 4.79 Å². The van der Waals surface area contributed by atoms with Crippen molar-refractivity contribution in [1.29, 1.82) is 0 Å². The monoisotopic (exact) mass is 256 g/mol. The number of carboxylic acids is 1. The molecule has 0 aliphatic carbocycles. The molecular weight excluding hydrogens is 228 g/mol. The molecule has 0 aromatic rings. The zero-order valence-electron chi connectivity index (χ0n) is 11.8. The van der Waals surface area contributed by atoms with Crippen molar-refractivity contribution in [3.63, 3.8) is 0 Å². The van der Waals surface area contributed by atoms with Gasteiger partial charge in [0.1, 0.15) is 6.04 Å². The molecule has 106 valence electrons. The zero-order chi connectivity index (χ0) is 13.4. The van der Waals surface area contributed by atoms with Gasteiger partial charge in [0.2, 0.25) is 0 Å². The number of nitrogens with one attached hydrogen (secondary N) is 1. The molecule has 1 aliphatic rings. The first-order chi connectivity index (χ1) is 8.69. The fourth-order valence-corrected chi connectivity index (χ4v) is 2.74. The van der Waals surface area contributed by atoms with Gasteiger partial charge in [-0.25, -0.2) is 0 Å². The Morgan fingerprint density at radius 2 is 2.22 bits per heavy atom. The second-order valence-electron chi connectivity index (χ2n) is 5.23. The third-order valence-electron chi connectivity index (χ3n) is 3.86. The fourth-order valence-electron chi connectivity index (χ4n) is 2.74. The number of carboxylic acid groups (broad SMARTS) is 1. The topological polar surface area (TPSA) is 52.6 Å². The molecule has 1 fully saturated rings. The van der Waals surface area contributed by atoms with Crippen LogP contribution in [0, 0.1) is 0 Å². The Morgan fingerprint density at radius 3 is 2.83 bits per heavy atom. The Bertz CT molecular complexity index is 246. The predicted molar refractivity (Wildman–Crippen MR) is 73.8 cm³/mol. The molecule has 0 aromatic heterocycles. The molecule has 2 N–H and O–H groups in total. The summed E-state index contributed by atoms with van der Waals surface area (Å²) in [5, 5.41) is 12.3. The summed E-state index contributed by atoms with van der Waals surface area (Å²) < 4.78 is 0. The lowest BCUT2D eigenvalue weighted by atomic mass is 9.99. The van der Waals surface area contributed by atoms with Gasteiger partial charge in [-0.2, -0.15) is 0 Å². The SMILES string of the molecule is CCCNC(CCN1CCCCC1CC)C(=O)O. The van der Waals surface area contributed by atoms with Gasteiger partial charge in [0.15, 0.2) is 0 Å². The molecule has 4 heteroatoms. The minimum Gasteiger partial charge on any atom is -0.480 e. The van der Waals surface area contributed by atoms with E-state index in [9.17, 15) is 9.90 Å². The second-order valence-corrected chi connectivity index (χ2v) is 5.23. The largest absolute Gasteiger partial charge is 0.480 e. The molecule has 1 heterocycles. The molecule has 0 spiro atoms. The van der Waals surface area contributed by atoms with E-state index in [1.807, 2.05) is 0 Å². The van der Waals surface area contributed by atoms with E-state index in [4.69, 9.17) is 0 Å². The maximum Gasteiger partial charge on any atom is 0.320 e. The van der Waals surface area contributed by atoms with E-state index in [1.165, 1.54) is 25.7 Å². The van der Waals surface area contributed by atoms with E-state index < -0.39 is 5.97 Å². The molecule has 18 heavy (non-hydrogen) atoms. The van der Waals surface area contributed by atoms with E-state index >= 15 is 0 Å². The highest BCUT2D eigenvalue weighted by atomic mass is 16.4. The van der Waals surface area contributed by atoms with E-state index in [2.05, 4.69) is 24.1 Å². The van der Waals surface area contributed by atoms with E-state index in [1.54, 1.807) is 0 Å². The van der Waals surface area contributed by atoms with Crippen molar-refractivity contribution in [2.24, 2.45) is 0 Å². The van der Waals surface area contributed by atoms with E-state index in [0.29, 0.717) is 12.5 Å². The van der Waals surface area contributed by atoms with Crippen LogP contribution in [0.25, 0.3) is 0 Å². The molecule has 1 rings (SSSR count). The van der Waals surface area contributed by atoms with Crippen LogP contribution in [0.3, 0.4) is 0 Å². The highest BCUT2D eigenvalue weighted by Gasteiger charge is 2.23. The number of carbonyl (C=O) groups is 1. The number of likely N-dealkylation sites (tertiary alicyclic amines) is 1. The molecule has 0 aromatic carbocycles. The van der Waals surface area contributed by atoms with Gasteiger partial charge in [-0.05, 0) is 45.2 Å². The lowest BCUT2D eigenvalue weighted by Crippen LogP contribution is -2.44. The van der Waals surface area contributed by atoms with E-state index in [0.717, 1.165) is 26.1 Å². The summed E-state index contributed by atoms with van der Waals surface area (Å²) in [5.74, 6) is -0.714. The summed E-state index contributed by atoms with van der Waals surface area (Å²) in [6.45, 7) is 7.12. The Balaban J connectivity index is 2.37. The molecule has 0 radical (unpaired) electrons. The Morgan fingerprint density at radius 1 is 1.44 bits per heavy atom. The highest BCUT2D eigenvalue weighted by molar-refractivity contribution is 5.73. The van der Waals surface area contributed by atoms with Crippen molar-refractivity contribution in [3.05, 3.63) is 0 Å². The van der Waals surface area contributed by atoms with Crippen molar-refractivity contribution in [3.8, 4) is 0 Å². The number of nitrogens with zero attached hydrogens (tertiary/aromatic N) is 1. The summed E-state index contributed by atoms with van der Waals surface area (Å²) in [6, 6.07) is 0.281. The van der Waals surface area contributed by atoms with Gasteiger partial charge in [0.25, 0.3) is 0 Å². The highest BCUT2D eigenvalue weighted by Crippen LogP contribution is 2.19. The average Bonchev–Trinajstić information content (AvgIpc) is 2.38. The second kappa shape index (κ2) is 8.48. The number of piperidine rings is 1. The molecule has 1 saturated heterocycles. The predicted octanol–water partition coefficient (Wildman–Crippen LogP) is 2.09. The normalized spacial score (nSPS) is 22.9. The summed E-state index contributed by atoms with van der Waals surface area (Å²) in [6.07, 6.45) is 6.73. The quantitative estimate of drug-likeness (QED) is 0.698. The lowest BCUT2D eigenvalue weighted by Gasteiger charge is -2.35. The zero-order valence-corrected chi connectivity index (χ0v) is 11.8. The number of hydrogen-bond acceptors (Lipinski definition) is 3. The third-order valence-corrected chi connectivity index (χ3v) is 3.86. The number of rotatable bonds is 8. The first-order valence-corrected chi connectivity index (χ1v) is 7.39. The van der Waals surface area contributed by atoms with Crippen LogP contribution in [-0.4, -0.2) is 47.7 Å². The molecule has 0 bridgehead atoms. The fraction of sp³-hybridized carbons (Fsp3) is 0.929. The molecule has 2 unspecified atom stereocenters. The van der Waals surface area contributed by atoms with Gasteiger partial charge in [-0.15, -0.1) is 0 Å².